The summed E-state index contributed by atoms with van der Waals surface area (Å²) in [5.74, 6) is 0.186. The molecular formula is C27H32N6O3. The Labute approximate surface area is 210 Å². The van der Waals surface area contributed by atoms with Crippen LogP contribution in [0.3, 0.4) is 0 Å². The van der Waals surface area contributed by atoms with E-state index in [1.807, 2.05) is 43.3 Å². The van der Waals surface area contributed by atoms with Gasteiger partial charge in [-0.25, -0.2) is 4.68 Å². The Hall–Kier alpha value is -3.85. The Morgan fingerprint density at radius 1 is 1.11 bits per heavy atom. The maximum Gasteiger partial charge on any atom is 0.327 e. The molecule has 0 radical (unpaired) electrons. The summed E-state index contributed by atoms with van der Waals surface area (Å²) in [6.45, 7) is 7.10. The molecule has 0 aliphatic heterocycles. The summed E-state index contributed by atoms with van der Waals surface area (Å²) in [5, 5.41) is 13.2. The van der Waals surface area contributed by atoms with Gasteiger partial charge < -0.3 is 9.72 Å². The fourth-order valence-electron chi connectivity index (χ4n) is 4.44. The van der Waals surface area contributed by atoms with Gasteiger partial charge in [0.1, 0.15) is 6.54 Å². The van der Waals surface area contributed by atoms with Gasteiger partial charge in [-0.15, -0.1) is 5.10 Å². The molecule has 2 aromatic carbocycles. The van der Waals surface area contributed by atoms with Crippen LogP contribution in [0.5, 0.6) is 0 Å². The van der Waals surface area contributed by atoms with E-state index in [1.54, 1.807) is 6.92 Å². The number of fused-ring (bicyclic) bond motifs is 1. The molecule has 36 heavy (non-hydrogen) atoms. The highest BCUT2D eigenvalue weighted by Crippen LogP contribution is 2.28. The Morgan fingerprint density at radius 3 is 2.67 bits per heavy atom. The smallest absolute Gasteiger partial charge is 0.327 e. The fourth-order valence-corrected chi connectivity index (χ4v) is 4.44. The van der Waals surface area contributed by atoms with Gasteiger partial charge in [-0.3, -0.25) is 14.5 Å². The van der Waals surface area contributed by atoms with Crippen LogP contribution < -0.4 is 5.56 Å². The van der Waals surface area contributed by atoms with Crippen LogP contribution in [0.1, 0.15) is 55.2 Å². The first-order valence-electron chi connectivity index (χ1n) is 12.3. The SMILES string of the molecule is CCC[C@H](c1nnnn1CC(=O)OCC)N(Cc1ccccc1)Cc1cc2cc(C)ccc2[nH]c1=O. The van der Waals surface area contributed by atoms with E-state index < -0.39 is 5.97 Å². The normalized spacial score (nSPS) is 12.2. The second-order valence-electron chi connectivity index (χ2n) is 8.91. The minimum atomic E-state index is -0.391. The summed E-state index contributed by atoms with van der Waals surface area (Å²) in [5.41, 5.74) is 3.59. The molecule has 0 saturated carbocycles. The number of aromatic amines is 1. The van der Waals surface area contributed by atoms with Crippen molar-refractivity contribution in [1.29, 1.82) is 0 Å². The minimum Gasteiger partial charge on any atom is -0.465 e. The molecule has 2 aromatic heterocycles. The Balaban J connectivity index is 1.73. The van der Waals surface area contributed by atoms with Crippen molar-refractivity contribution in [3.63, 3.8) is 0 Å². The number of benzene rings is 2. The number of aromatic nitrogens is 5. The van der Waals surface area contributed by atoms with Crippen molar-refractivity contribution >= 4 is 16.9 Å². The number of esters is 1. The predicted molar refractivity (Wildman–Crippen MR) is 137 cm³/mol. The standard InChI is InChI=1S/C27H32N6O3/c1-4-9-24(26-29-30-31-33(26)18-25(34)36-5-2)32(16-20-10-7-6-8-11-20)17-22-15-21-14-19(3)12-13-23(21)28-27(22)35/h6-8,10-15,24H,4-5,9,16-18H2,1-3H3,(H,28,35)/t24-/m1/s1. The molecule has 4 aromatic rings. The van der Waals surface area contributed by atoms with Crippen molar-refractivity contribution in [3.8, 4) is 0 Å². The summed E-state index contributed by atoms with van der Waals surface area (Å²) in [6, 6.07) is 17.8. The number of pyridine rings is 1. The predicted octanol–water partition coefficient (Wildman–Crippen LogP) is 3.93. The number of carbonyl (C=O) groups excluding carboxylic acids is 1. The van der Waals surface area contributed by atoms with Crippen LogP contribution >= 0.6 is 0 Å². The van der Waals surface area contributed by atoms with Gasteiger partial charge in [-0.2, -0.15) is 0 Å². The second kappa shape index (κ2) is 11.7. The van der Waals surface area contributed by atoms with Gasteiger partial charge in [0.15, 0.2) is 5.82 Å². The molecule has 0 unspecified atom stereocenters. The van der Waals surface area contributed by atoms with E-state index in [0.717, 1.165) is 34.9 Å². The third-order valence-corrected chi connectivity index (χ3v) is 6.12. The zero-order valence-electron chi connectivity index (χ0n) is 21.0. The number of hydrogen-bond acceptors (Lipinski definition) is 7. The third kappa shape index (κ3) is 6.04. The van der Waals surface area contributed by atoms with Crippen LogP contribution in [0.2, 0.25) is 0 Å². The van der Waals surface area contributed by atoms with Gasteiger partial charge >= 0.3 is 5.97 Å². The monoisotopic (exact) mass is 488 g/mol. The Morgan fingerprint density at radius 2 is 1.92 bits per heavy atom. The molecule has 188 valence electrons. The van der Waals surface area contributed by atoms with E-state index in [9.17, 15) is 9.59 Å². The number of hydrogen-bond donors (Lipinski definition) is 1. The molecule has 1 atom stereocenters. The lowest BCUT2D eigenvalue weighted by Crippen LogP contribution is -2.33. The highest BCUT2D eigenvalue weighted by atomic mass is 16.5. The molecule has 0 aliphatic carbocycles. The maximum absolute atomic E-state index is 13.1. The first-order chi connectivity index (χ1) is 17.5. The zero-order valence-corrected chi connectivity index (χ0v) is 21.0. The van der Waals surface area contributed by atoms with Crippen LogP contribution in [-0.2, 0) is 29.2 Å². The molecule has 2 heterocycles. The Bertz CT molecular complexity index is 1360. The third-order valence-electron chi connectivity index (χ3n) is 6.12. The van der Waals surface area contributed by atoms with Crippen molar-refractivity contribution in [2.24, 2.45) is 0 Å². The fraction of sp³-hybridized carbons (Fsp3) is 0.370. The second-order valence-corrected chi connectivity index (χ2v) is 8.91. The average molecular weight is 489 g/mol. The largest absolute Gasteiger partial charge is 0.465 e. The number of carbonyl (C=O) groups is 1. The average Bonchev–Trinajstić information content (AvgIpc) is 3.31. The van der Waals surface area contributed by atoms with E-state index in [4.69, 9.17) is 4.74 Å². The van der Waals surface area contributed by atoms with Crippen molar-refractivity contribution in [3.05, 3.63) is 87.5 Å². The molecule has 0 saturated heterocycles. The molecule has 0 bridgehead atoms. The molecule has 0 fully saturated rings. The van der Waals surface area contributed by atoms with Crippen LogP contribution in [0.4, 0.5) is 0 Å². The molecule has 0 amide bonds. The number of tetrazole rings is 1. The maximum atomic E-state index is 13.1. The number of nitrogens with zero attached hydrogens (tertiary/aromatic N) is 5. The van der Waals surface area contributed by atoms with E-state index in [2.05, 4.69) is 50.5 Å². The van der Waals surface area contributed by atoms with Gasteiger partial charge in [0.2, 0.25) is 0 Å². The number of aryl methyl sites for hydroxylation is 1. The summed E-state index contributed by atoms with van der Waals surface area (Å²) in [4.78, 5) is 30.5. The number of rotatable bonds is 11. The first-order valence-corrected chi connectivity index (χ1v) is 12.3. The molecule has 1 N–H and O–H groups in total. The lowest BCUT2D eigenvalue weighted by molar-refractivity contribution is -0.144. The van der Waals surface area contributed by atoms with Crippen molar-refractivity contribution in [2.75, 3.05) is 6.61 Å². The number of ether oxygens (including phenoxy) is 1. The lowest BCUT2D eigenvalue weighted by atomic mass is 10.0. The first kappa shape index (κ1) is 25.2. The Kier molecular flexibility index (Phi) is 8.22. The number of H-pyrrole nitrogens is 1. The summed E-state index contributed by atoms with van der Waals surface area (Å²) in [7, 11) is 0. The van der Waals surface area contributed by atoms with Gasteiger partial charge in [0.25, 0.3) is 5.56 Å². The molecule has 0 aliphatic rings. The number of nitrogens with one attached hydrogen (secondary N) is 1. The molecule has 0 spiro atoms. The highest BCUT2D eigenvalue weighted by molar-refractivity contribution is 5.79. The van der Waals surface area contributed by atoms with Gasteiger partial charge in [-0.1, -0.05) is 55.3 Å². The van der Waals surface area contributed by atoms with Gasteiger partial charge in [0.05, 0.1) is 12.6 Å². The highest BCUT2D eigenvalue weighted by Gasteiger charge is 2.27. The van der Waals surface area contributed by atoms with Crippen molar-refractivity contribution in [1.82, 2.24) is 30.1 Å². The topological polar surface area (TPSA) is 106 Å². The molecule has 4 rings (SSSR count). The van der Waals surface area contributed by atoms with Crippen molar-refractivity contribution < 1.29 is 9.53 Å². The molecule has 9 nitrogen and oxygen atoms in total. The summed E-state index contributed by atoms with van der Waals surface area (Å²) >= 11 is 0. The van der Waals surface area contributed by atoms with Crippen molar-refractivity contribution in [2.45, 2.75) is 59.3 Å². The quantitative estimate of drug-likeness (QED) is 0.319. The van der Waals surface area contributed by atoms with Gasteiger partial charge in [-0.05, 0) is 59.8 Å². The lowest BCUT2D eigenvalue weighted by Gasteiger charge is -2.31. The van der Waals surface area contributed by atoms with Crippen LogP contribution in [0, 0.1) is 6.92 Å². The van der Waals surface area contributed by atoms with E-state index in [1.165, 1.54) is 4.68 Å². The van der Waals surface area contributed by atoms with Crippen LogP contribution in [-0.4, -0.2) is 42.7 Å². The molecular weight excluding hydrogens is 456 g/mol. The summed E-state index contributed by atoms with van der Waals surface area (Å²) < 4.78 is 6.62. The van der Waals surface area contributed by atoms with Crippen LogP contribution in [0.15, 0.2) is 59.4 Å². The summed E-state index contributed by atoms with van der Waals surface area (Å²) in [6.07, 6.45) is 1.62. The van der Waals surface area contributed by atoms with Gasteiger partial charge in [0, 0.05) is 24.2 Å². The minimum absolute atomic E-state index is 0.0641. The molecule has 9 heteroatoms. The van der Waals surface area contributed by atoms with Crippen LogP contribution in [0.25, 0.3) is 10.9 Å². The van der Waals surface area contributed by atoms with E-state index >= 15 is 0 Å². The van der Waals surface area contributed by atoms with E-state index in [0.29, 0.717) is 31.1 Å². The zero-order chi connectivity index (χ0) is 25.5. The van der Waals surface area contributed by atoms with E-state index in [-0.39, 0.29) is 18.1 Å².